The molecule has 5 N–H and O–H groups in total. The highest BCUT2D eigenvalue weighted by molar-refractivity contribution is 5.81. The van der Waals surface area contributed by atoms with Crippen LogP contribution in [-0.4, -0.2) is 22.6 Å². The van der Waals surface area contributed by atoms with Gasteiger partial charge < -0.3 is 15.9 Å². The lowest BCUT2D eigenvalue weighted by atomic mass is 10.1. The third-order valence-corrected chi connectivity index (χ3v) is 4.16. The van der Waals surface area contributed by atoms with Crippen LogP contribution in [0, 0.1) is 95.3 Å². The summed E-state index contributed by atoms with van der Waals surface area (Å²) in [5.41, 5.74) is 23.2. The molecular formula is C34H40N6O2. The fourth-order valence-electron chi connectivity index (χ4n) is 2.62. The Hall–Kier alpha value is -6.43. The monoisotopic (exact) mass is 564 g/mol. The number of aromatic nitrogens is 2. The van der Waals surface area contributed by atoms with E-state index in [0.717, 1.165) is 33.7 Å². The number of benzene rings is 2. The highest BCUT2D eigenvalue weighted by Crippen LogP contribution is 2.25. The van der Waals surface area contributed by atoms with Gasteiger partial charge >= 0.3 is 0 Å². The van der Waals surface area contributed by atoms with Crippen molar-refractivity contribution >= 4 is 16.7 Å². The highest BCUT2D eigenvalue weighted by Gasteiger charge is 2.08. The van der Waals surface area contributed by atoms with E-state index in [1.807, 2.05) is 49.4 Å². The van der Waals surface area contributed by atoms with Crippen LogP contribution in [0.3, 0.4) is 0 Å². The van der Waals surface area contributed by atoms with Crippen molar-refractivity contribution in [2.24, 2.45) is 0 Å². The van der Waals surface area contributed by atoms with E-state index >= 15 is 0 Å². The Labute approximate surface area is 255 Å². The van der Waals surface area contributed by atoms with E-state index in [2.05, 4.69) is 92.9 Å². The molecule has 0 spiro atoms. The molecule has 218 valence electrons. The number of nitrogens with zero attached hydrogens (tertiary/aromatic N) is 4. The third-order valence-electron chi connectivity index (χ3n) is 4.16. The lowest BCUT2D eigenvalue weighted by Gasteiger charge is -2.08. The van der Waals surface area contributed by atoms with Crippen LogP contribution in [0.4, 0.5) is 5.69 Å². The molecule has 0 atom stereocenters. The molecule has 0 bridgehead atoms. The van der Waals surface area contributed by atoms with Gasteiger partial charge in [0, 0.05) is 17.0 Å². The molecule has 0 unspecified atom stereocenters. The number of hydrogen-bond donors (Lipinski definition) is 2. The number of fused-ring (bicyclic) bond motifs is 1. The van der Waals surface area contributed by atoms with Crippen molar-refractivity contribution in [2.45, 2.75) is 35.6 Å². The Kier molecular flexibility index (Phi) is 23.7. The van der Waals surface area contributed by atoms with Crippen molar-refractivity contribution in [2.75, 3.05) is 12.8 Å². The van der Waals surface area contributed by atoms with E-state index in [-0.39, 0.29) is 26.0 Å². The summed E-state index contributed by atoms with van der Waals surface area (Å²) in [6.45, 7) is 5.38. The number of nitrogens with one attached hydrogen (secondary N) is 1. The second-order valence-electron chi connectivity index (χ2n) is 6.73. The summed E-state index contributed by atoms with van der Waals surface area (Å²) in [7, 11) is 1.65. The highest BCUT2D eigenvalue weighted by atomic mass is 16.5. The fourth-order valence-corrected chi connectivity index (χ4v) is 2.62. The zero-order valence-corrected chi connectivity index (χ0v) is 22.3. The second-order valence-corrected chi connectivity index (χ2v) is 6.73. The molecule has 3 rings (SSSR count). The maximum Gasteiger partial charge on any atom is 0.118 e. The predicted octanol–water partition coefficient (Wildman–Crippen LogP) is 6.55. The lowest BCUT2D eigenvalue weighted by molar-refractivity contribution is 0.415. The molecule has 3 aromatic rings. The Morgan fingerprint density at radius 1 is 0.762 bits per heavy atom. The van der Waals surface area contributed by atoms with Gasteiger partial charge in [-0.25, -0.2) is 9.97 Å². The summed E-state index contributed by atoms with van der Waals surface area (Å²) in [5, 5.41) is 0. The van der Waals surface area contributed by atoms with Crippen LogP contribution in [-0.2, 0) is 0 Å². The maximum absolute atomic E-state index is 6.86. The number of hydrogen-bond acceptors (Lipinski definition) is 5. The number of aryl methyl sites for hydroxylation is 1. The van der Waals surface area contributed by atoms with Gasteiger partial charge in [0.15, 0.2) is 0 Å². The van der Waals surface area contributed by atoms with Crippen molar-refractivity contribution in [3.63, 3.8) is 0 Å². The van der Waals surface area contributed by atoms with Crippen molar-refractivity contribution in [3.8, 4) is 99.9 Å². The van der Waals surface area contributed by atoms with Gasteiger partial charge in [0.05, 0.1) is 29.5 Å². The van der Waals surface area contributed by atoms with E-state index in [4.69, 9.17) is 21.5 Å². The fraction of sp³-hybridized carbons (Fsp3) is 0.176. The Balaban J connectivity index is -0.000000109. The summed E-state index contributed by atoms with van der Waals surface area (Å²) < 4.78 is 5.17. The molecule has 42 heavy (non-hydrogen) atoms. The first kappa shape index (κ1) is 40.1. The van der Waals surface area contributed by atoms with E-state index in [0.29, 0.717) is 5.69 Å². The van der Waals surface area contributed by atoms with Gasteiger partial charge in [0.1, 0.15) is 5.75 Å². The first-order valence-electron chi connectivity index (χ1n) is 11.0. The molecule has 0 amide bonds. The summed E-state index contributed by atoms with van der Waals surface area (Å²) >= 11 is 0. The molecule has 0 aliphatic heterocycles. The van der Waals surface area contributed by atoms with Gasteiger partial charge in [-0.3, -0.25) is 0 Å². The van der Waals surface area contributed by atoms with Gasteiger partial charge in [-0.05, 0) is 145 Å². The minimum absolute atomic E-state index is 0. The number of methoxy groups -OCH3 is 1. The molecular weight excluding hydrogens is 524 g/mol. The predicted molar refractivity (Wildman–Crippen MR) is 181 cm³/mol. The molecule has 8 nitrogen and oxygen atoms in total. The van der Waals surface area contributed by atoms with Crippen LogP contribution in [0.25, 0.3) is 32.7 Å². The van der Waals surface area contributed by atoms with Crippen molar-refractivity contribution in [1.82, 2.24) is 9.97 Å². The van der Waals surface area contributed by atoms with Gasteiger partial charge in [-0.1, -0.05) is 26.7 Å². The molecule has 2 aromatic carbocycles. The van der Waals surface area contributed by atoms with Crippen LogP contribution in [0.1, 0.15) is 40.1 Å². The molecule has 0 fully saturated rings. The molecule has 8 heteroatoms. The van der Waals surface area contributed by atoms with Gasteiger partial charge in [-0.15, -0.1) is 5.53 Å². The molecule has 0 saturated carbocycles. The largest absolute Gasteiger partial charge is 0.497 e. The molecule has 0 aliphatic carbocycles. The van der Waals surface area contributed by atoms with Crippen LogP contribution < -0.4 is 10.5 Å². The first-order valence-corrected chi connectivity index (χ1v) is 11.0. The number of rotatable bonds is 2. The normalized spacial score (nSPS) is 6.76. The summed E-state index contributed by atoms with van der Waals surface area (Å²) in [5.74, 6) is 36.4. The molecule has 0 aliphatic rings. The van der Waals surface area contributed by atoms with Crippen LogP contribution in [0.2, 0.25) is 0 Å². The van der Waals surface area contributed by atoms with E-state index < -0.39 is 0 Å². The minimum atomic E-state index is 0. The SMILES string of the molecule is C.C.CC#CC#CC#CC#CC#CC#CC#CC.COc1ccc(-c2nc3cc(N)ccc3nc2C)cc1.O.[HH].[HH].[HH].[HH].[N-]=[N+]=N. The summed E-state index contributed by atoms with van der Waals surface area (Å²) in [4.78, 5) is 11.0. The zero-order valence-electron chi connectivity index (χ0n) is 22.3. The second kappa shape index (κ2) is 24.9. The number of anilines is 1. The Morgan fingerprint density at radius 3 is 1.60 bits per heavy atom. The lowest BCUT2D eigenvalue weighted by Crippen LogP contribution is -1.95. The number of nitrogens with two attached hydrogens (primary N) is 1. The zero-order chi connectivity index (χ0) is 28.7. The minimum Gasteiger partial charge on any atom is -0.497 e. The average molecular weight is 565 g/mol. The van der Waals surface area contributed by atoms with Crippen molar-refractivity contribution in [1.29, 1.82) is 5.53 Å². The van der Waals surface area contributed by atoms with Crippen molar-refractivity contribution in [3.05, 3.63) is 58.6 Å². The molecule has 1 aromatic heterocycles. The Bertz CT molecular complexity index is 1750. The summed E-state index contributed by atoms with van der Waals surface area (Å²) in [6.07, 6.45) is 0. The quantitative estimate of drug-likeness (QED) is 0.119. The topological polar surface area (TPSA) is 153 Å². The smallest absolute Gasteiger partial charge is 0.118 e. The number of nitrogen functional groups attached to an aromatic ring is 1. The van der Waals surface area contributed by atoms with Gasteiger partial charge in [0.25, 0.3) is 0 Å². The van der Waals surface area contributed by atoms with Crippen LogP contribution >= 0.6 is 0 Å². The number of ether oxygens (including phenoxy) is 1. The van der Waals surface area contributed by atoms with Gasteiger partial charge in [0.2, 0.25) is 0 Å². The molecule has 0 saturated heterocycles. The third kappa shape index (κ3) is 15.7. The maximum atomic E-state index is 6.86. The van der Waals surface area contributed by atoms with Crippen LogP contribution in [0.15, 0.2) is 42.5 Å². The van der Waals surface area contributed by atoms with E-state index in [1.54, 1.807) is 25.9 Å². The first-order chi connectivity index (χ1) is 19.0. The van der Waals surface area contributed by atoms with E-state index in [1.165, 1.54) is 0 Å². The average Bonchev–Trinajstić information content (AvgIpc) is 2.94. The molecule has 0 radical (unpaired) electrons. The standard InChI is InChI=1S/C16H15N3O.C16H6.2CH4.HN3.H2O.4H2/c1-10-16(11-3-6-13(20-2)7-4-11)19-15-9-12(17)5-8-14(15)18-10;1-3-5-7-9-11-13-15-16-14-12-10-8-6-4-2;;;1-3-2;;;;;/h3-9H,17H2,1-2H3;1-2H3;2*1H4;1H;1H2;4*1H. The summed E-state index contributed by atoms with van der Waals surface area (Å²) in [6, 6.07) is 13.4. The van der Waals surface area contributed by atoms with E-state index in [9.17, 15) is 0 Å². The van der Waals surface area contributed by atoms with Crippen LogP contribution in [0.5, 0.6) is 5.75 Å². The van der Waals surface area contributed by atoms with Gasteiger partial charge in [-0.2, -0.15) is 0 Å². The van der Waals surface area contributed by atoms with Crippen molar-refractivity contribution < 1.29 is 15.9 Å². The Morgan fingerprint density at radius 2 is 1.19 bits per heavy atom. The molecule has 1 heterocycles.